The Morgan fingerprint density at radius 1 is 1.10 bits per heavy atom. The Hall–Kier alpha value is -2.41. The van der Waals surface area contributed by atoms with Gasteiger partial charge in [-0.2, -0.15) is 15.0 Å². The molecule has 4 N–H and O–H groups in total. The van der Waals surface area contributed by atoms with E-state index in [0.717, 1.165) is 18.5 Å². The maximum absolute atomic E-state index is 5.41. The zero-order valence-electron chi connectivity index (χ0n) is 12.6. The van der Waals surface area contributed by atoms with E-state index in [2.05, 4.69) is 38.7 Å². The first-order chi connectivity index (χ1) is 10.1. The van der Waals surface area contributed by atoms with E-state index in [1.165, 1.54) is 5.56 Å². The Bertz CT molecular complexity index is 598. The highest BCUT2D eigenvalue weighted by Crippen LogP contribution is 2.21. The molecule has 0 saturated heterocycles. The molecule has 0 radical (unpaired) electrons. The molecule has 0 saturated carbocycles. The summed E-state index contributed by atoms with van der Waals surface area (Å²) >= 11 is 0. The number of benzene rings is 1. The summed E-state index contributed by atoms with van der Waals surface area (Å²) in [5.41, 5.74) is 4.69. The van der Waals surface area contributed by atoms with Crippen LogP contribution >= 0.6 is 0 Å². The number of hydrogen-bond donors (Lipinski definition) is 3. The summed E-state index contributed by atoms with van der Waals surface area (Å²) in [5.74, 6) is 6.73. The van der Waals surface area contributed by atoms with Gasteiger partial charge in [-0.15, -0.1) is 0 Å². The number of nitrogens with two attached hydrogens (primary N) is 1. The van der Waals surface area contributed by atoms with Crippen LogP contribution in [0.2, 0.25) is 0 Å². The lowest BCUT2D eigenvalue weighted by Gasteiger charge is -2.14. The van der Waals surface area contributed by atoms with Crippen LogP contribution in [0.1, 0.15) is 18.9 Å². The molecule has 0 aliphatic carbocycles. The van der Waals surface area contributed by atoms with Gasteiger partial charge in [0.2, 0.25) is 17.8 Å². The third-order valence-electron chi connectivity index (χ3n) is 2.94. The summed E-state index contributed by atoms with van der Waals surface area (Å²) in [4.78, 5) is 14.6. The average molecular weight is 287 g/mol. The van der Waals surface area contributed by atoms with E-state index in [4.69, 9.17) is 5.84 Å². The van der Waals surface area contributed by atoms with Crippen molar-refractivity contribution in [1.29, 1.82) is 0 Å². The minimum Gasteiger partial charge on any atom is -0.347 e. The summed E-state index contributed by atoms with van der Waals surface area (Å²) in [5, 5.41) is 3.24. The minimum atomic E-state index is 0.323. The van der Waals surface area contributed by atoms with Crippen LogP contribution in [-0.4, -0.2) is 29.0 Å². The topological polar surface area (TPSA) is 92.0 Å². The van der Waals surface area contributed by atoms with Crippen molar-refractivity contribution >= 4 is 23.5 Å². The van der Waals surface area contributed by atoms with Crippen LogP contribution < -0.4 is 21.5 Å². The van der Waals surface area contributed by atoms with Crippen molar-refractivity contribution in [2.75, 3.05) is 29.7 Å². The monoisotopic (exact) mass is 287 g/mol. The van der Waals surface area contributed by atoms with Crippen molar-refractivity contribution in [2.24, 2.45) is 5.84 Å². The van der Waals surface area contributed by atoms with Crippen molar-refractivity contribution in [3.8, 4) is 0 Å². The van der Waals surface area contributed by atoms with Crippen LogP contribution in [0, 0.1) is 0 Å². The first kappa shape index (κ1) is 15.0. The molecule has 0 atom stereocenters. The second-order valence-electron chi connectivity index (χ2n) is 4.85. The molecule has 0 fully saturated rings. The number of rotatable bonds is 6. The maximum Gasteiger partial charge on any atom is 0.243 e. The molecule has 1 aromatic heterocycles. The first-order valence-corrected chi connectivity index (χ1v) is 6.89. The van der Waals surface area contributed by atoms with Crippen molar-refractivity contribution < 1.29 is 0 Å². The third-order valence-corrected chi connectivity index (χ3v) is 2.94. The Morgan fingerprint density at radius 2 is 1.81 bits per heavy atom. The quantitative estimate of drug-likeness (QED) is 0.552. The SMILES string of the molecule is CCCc1ccccc1Nc1nc(NN)nc(N(C)C)n1. The minimum absolute atomic E-state index is 0.323. The fourth-order valence-electron chi connectivity index (χ4n) is 1.94. The van der Waals surface area contributed by atoms with Crippen LogP contribution in [0.3, 0.4) is 0 Å². The summed E-state index contributed by atoms with van der Waals surface area (Å²) in [6.07, 6.45) is 2.07. The Balaban J connectivity index is 2.32. The normalized spacial score (nSPS) is 10.3. The lowest BCUT2D eigenvalue weighted by atomic mass is 10.1. The van der Waals surface area contributed by atoms with Gasteiger partial charge in [-0.3, -0.25) is 5.43 Å². The third kappa shape index (κ3) is 3.79. The smallest absolute Gasteiger partial charge is 0.243 e. The average Bonchev–Trinajstić information content (AvgIpc) is 2.49. The van der Waals surface area contributed by atoms with Crippen molar-refractivity contribution in [3.63, 3.8) is 0 Å². The van der Waals surface area contributed by atoms with Crippen molar-refractivity contribution in [3.05, 3.63) is 29.8 Å². The molecular formula is C14H21N7. The van der Waals surface area contributed by atoms with Crippen LogP contribution in [0.5, 0.6) is 0 Å². The van der Waals surface area contributed by atoms with E-state index in [1.807, 2.05) is 32.3 Å². The number of aryl methyl sites for hydroxylation is 1. The van der Waals surface area contributed by atoms with Crippen LogP contribution in [-0.2, 0) is 6.42 Å². The summed E-state index contributed by atoms with van der Waals surface area (Å²) < 4.78 is 0. The van der Waals surface area contributed by atoms with E-state index < -0.39 is 0 Å². The molecule has 1 heterocycles. The van der Waals surface area contributed by atoms with Gasteiger partial charge in [0.05, 0.1) is 0 Å². The molecule has 7 heteroatoms. The standard InChI is InChI=1S/C14H21N7/c1-4-7-10-8-5-6-9-11(10)16-12-17-13(20-15)19-14(18-12)21(2)3/h5-6,8-9H,4,7,15H2,1-3H3,(H2,16,17,18,19,20). The van der Waals surface area contributed by atoms with Crippen LogP contribution in [0.15, 0.2) is 24.3 Å². The molecule has 0 spiro atoms. The highest BCUT2D eigenvalue weighted by atomic mass is 15.4. The molecule has 7 nitrogen and oxygen atoms in total. The predicted molar refractivity (Wildman–Crippen MR) is 85.7 cm³/mol. The Labute approximate surface area is 124 Å². The second kappa shape index (κ2) is 6.85. The van der Waals surface area contributed by atoms with Gasteiger partial charge >= 0.3 is 0 Å². The van der Waals surface area contributed by atoms with Gasteiger partial charge in [-0.05, 0) is 18.1 Å². The number of nitrogens with one attached hydrogen (secondary N) is 2. The highest BCUT2D eigenvalue weighted by molar-refractivity contribution is 5.60. The zero-order valence-corrected chi connectivity index (χ0v) is 12.6. The molecular weight excluding hydrogens is 266 g/mol. The van der Waals surface area contributed by atoms with Gasteiger partial charge in [0.25, 0.3) is 0 Å². The maximum atomic E-state index is 5.41. The number of para-hydroxylation sites is 1. The molecule has 0 amide bonds. The molecule has 0 unspecified atom stereocenters. The van der Waals surface area contributed by atoms with Crippen molar-refractivity contribution in [1.82, 2.24) is 15.0 Å². The Morgan fingerprint density at radius 3 is 2.48 bits per heavy atom. The summed E-state index contributed by atoms with van der Waals surface area (Å²) in [6, 6.07) is 8.13. The molecule has 1 aromatic carbocycles. The zero-order chi connectivity index (χ0) is 15.2. The first-order valence-electron chi connectivity index (χ1n) is 6.89. The fourth-order valence-corrected chi connectivity index (χ4v) is 1.94. The van der Waals surface area contributed by atoms with Crippen LogP contribution in [0.4, 0.5) is 23.5 Å². The molecule has 0 aliphatic heterocycles. The van der Waals surface area contributed by atoms with Gasteiger partial charge in [-0.1, -0.05) is 31.5 Å². The van der Waals surface area contributed by atoms with E-state index in [1.54, 1.807) is 4.90 Å². The van der Waals surface area contributed by atoms with Gasteiger partial charge in [0, 0.05) is 19.8 Å². The van der Waals surface area contributed by atoms with Crippen LogP contribution in [0.25, 0.3) is 0 Å². The number of anilines is 4. The molecule has 112 valence electrons. The Kier molecular flexibility index (Phi) is 4.89. The van der Waals surface area contributed by atoms with Gasteiger partial charge in [0.1, 0.15) is 0 Å². The second-order valence-corrected chi connectivity index (χ2v) is 4.85. The van der Waals surface area contributed by atoms with E-state index in [9.17, 15) is 0 Å². The molecule has 2 rings (SSSR count). The van der Waals surface area contributed by atoms with E-state index >= 15 is 0 Å². The number of nitrogens with zero attached hydrogens (tertiary/aromatic N) is 4. The predicted octanol–water partition coefficient (Wildman–Crippen LogP) is 1.92. The van der Waals surface area contributed by atoms with Gasteiger partial charge < -0.3 is 10.2 Å². The highest BCUT2D eigenvalue weighted by Gasteiger charge is 2.09. The van der Waals surface area contributed by atoms with Crippen molar-refractivity contribution in [2.45, 2.75) is 19.8 Å². The lowest BCUT2D eigenvalue weighted by Crippen LogP contribution is -2.18. The fraction of sp³-hybridized carbons (Fsp3) is 0.357. The molecule has 0 bridgehead atoms. The van der Waals surface area contributed by atoms with Gasteiger partial charge in [-0.25, -0.2) is 5.84 Å². The summed E-state index contributed by atoms with van der Waals surface area (Å²) in [6.45, 7) is 2.15. The van der Waals surface area contributed by atoms with Gasteiger partial charge in [0.15, 0.2) is 0 Å². The lowest BCUT2D eigenvalue weighted by molar-refractivity contribution is 0.920. The number of aromatic nitrogens is 3. The summed E-state index contributed by atoms with van der Waals surface area (Å²) in [7, 11) is 3.73. The molecule has 0 aliphatic rings. The molecule has 2 aromatic rings. The molecule has 21 heavy (non-hydrogen) atoms. The van der Waals surface area contributed by atoms with E-state index in [-0.39, 0.29) is 0 Å². The number of nitrogen functional groups attached to an aromatic ring is 1. The van der Waals surface area contributed by atoms with E-state index in [0.29, 0.717) is 17.8 Å². The number of hydrazine groups is 1. The number of hydrogen-bond acceptors (Lipinski definition) is 7. The largest absolute Gasteiger partial charge is 0.347 e.